The summed E-state index contributed by atoms with van der Waals surface area (Å²) < 4.78 is 58.9. The molecule has 1 atom stereocenters. The molecule has 1 fully saturated rings. The van der Waals surface area contributed by atoms with Crippen LogP contribution in [0.25, 0.3) is 22.6 Å². The summed E-state index contributed by atoms with van der Waals surface area (Å²) in [4.78, 5) is 11.9. The topological polar surface area (TPSA) is 78.9 Å². The Morgan fingerprint density at radius 1 is 1.09 bits per heavy atom. The van der Waals surface area contributed by atoms with Gasteiger partial charge in [0.05, 0.1) is 23.4 Å². The number of aromatic nitrogens is 4. The lowest BCUT2D eigenvalue weighted by Crippen LogP contribution is -2.24. The molecule has 6 nitrogen and oxygen atoms in total. The van der Waals surface area contributed by atoms with Crippen molar-refractivity contribution in [2.45, 2.75) is 38.9 Å². The zero-order valence-corrected chi connectivity index (χ0v) is 17.8. The molecule has 2 aromatic heterocycles. The van der Waals surface area contributed by atoms with Crippen LogP contribution >= 0.6 is 0 Å². The molecule has 4 rings (SSSR count). The standard InChI is InChI=1S/C16H13F4N5.C6H12O/c1-9(16(18,19)20)25-8-23-13(10-2-4-11(17)5-3-10)14(25)12-6-7-22-15(21)24-12;1-6-2-4-7-5-3-6/h2-9H,1H3,(H2,21,22,24);6H,2-5H2,1H3. The van der Waals surface area contributed by atoms with Gasteiger partial charge in [0, 0.05) is 25.0 Å². The molecule has 0 saturated carbocycles. The van der Waals surface area contributed by atoms with Crippen LogP contribution in [0.2, 0.25) is 0 Å². The van der Waals surface area contributed by atoms with Crippen LogP contribution in [0.15, 0.2) is 42.9 Å². The molecule has 172 valence electrons. The van der Waals surface area contributed by atoms with E-state index in [0.717, 1.165) is 36.9 Å². The van der Waals surface area contributed by atoms with Crippen molar-refractivity contribution in [3.8, 4) is 22.6 Å². The SMILES string of the molecule is CC(n1cnc(-c2ccc(F)cc2)c1-c1ccnc(N)n1)C(F)(F)F.CC1CCOCC1. The van der Waals surface area contributed by atoms with Crippen LogP contribution in [-0.4, -0.2) is 38.9 Å². The quantitative estimate of drug-likeness (QED) is 0.548. The molecule has 10 heteroatoms. The molecule has 32 heavy (non-hydrogen) atoms. The van der Waals surface area contributed by atoms with Gasteiger partial charge in [0.1, 0.15) is 11.9 Å². The van der Waals surface area contributed by atoms with E-state index in [-0.39, 0.29) is 23.0 Å². The van der Waals surface area contributed by atoms with E-state index < -0.39 is 18.0 Å². The number of halogens is 4. The zero-order chi connectivity index (χ0) is 23.3. The van der Waals surface area contributed by atoms with E-state index in [9.17, 15) is 17.6 Å². The number of benzene rings is 1. The summed E-state index contributed by atoms with van der Waals surface area (Å²) in [5, 5.41) is 0. The fraction of sp³-hybridized carbons (Fsp3) is 0.409. The Labute approximate surface area is 183 Å². The third-order valence-electron chi connectivity index (χ3n) is 5.23. The van der Waals surface area contributed by atoms with Gasteiger partial charge < -0.3 is 15.0 Å². The minimum Gasteiger partial charge on any atom is -0.381 e. The van der Waals surface area contributed by atoms with E-state index in [4.69, 9.17) is 10.5 Å². The number of nitrogens with zero attached hydrogens (tertiary/aromatic N) is 4. The van der Waals surface area contributed by atoms with Gasteiger partial charge in [0.25, 0.3) is 0 Å². The zero-order valence-electron chi connectivity index (χ0n) is 17.8. The summed E-state index contributed by atoms with van der Waals surface area (Å²) in [6.07, 6.45) is 0.486. The molecule has 0 bridgehead atoms. The number of alkyl halides is 3. The number of ether oxygens (including phenoxy) is 1. The lowest BCUT2D eigenvalue weighted by atomic mass is 10.0. The summed E-state index contributed by atoms with van der Waals surface area (Å²) in [5.41, 5.74) is 6.59. The fourth-order valence-corrected chi connectivity index (χ4v) is 3.21. The Bertz CT molecular complexity index is 1010. The number of hydrogen-bond donors (Lipinski definition) is 1. The lowest BCUT2D eigenvalue weighted by molar-refractivity contribution is -0.162. The highest BCUT2D eigenvalue weighted by Gasteiger charge is 2.39. The summed E-state index contributed by atoms with van der Waals surface area (Å²) in [6.45, 7) is 5.27. The average Bonchev–Trinajstić information content (AvgIpc) is 3.19. The molecule has 0 spiro atoms. The van der Waals surface area contributed by atoms with Crippen LogP contribution in [-0.2, 0) is 4.74 Å². The molecule has 1 unspecified atom stereocenters. The van der Waals surface area contributed by atoms with Gasteiger partial charge in [-0.05, 0) is 56.0 Å². The van der Waals surface area contributed by atoms with Gasteiger partial charge in [-0.2, -0.15) is 13.2 Å². The first-order valence-corrected chi connectivity index (χ1v) is 10.2. The van der Waals surface area contributed by atoms with Crippen molar-refractivity contribution >= 4 is 5.95 Å². The molecule has 0 amide bonds. The van der Waals surface area contributed by atoms with Crippen molar-refractivity contribution in [2.75, 3.05) is 18.9 Å². The highest BCUT2D eigenvalue weighted by Crippen LogP contribution is 2.37. The first-order valence-electron chi connectivity index (χ1n) is 10.2. The predicted octanol–water partition coefficient (Wildman–Crippen LogP) is 5.28. The minimum atomic E-state index is -4.48. The van der Waals surface area contributed by atoms with Gasteiger partial charge in [-0.25, -0.2) is 19.3 Å². The van der Waals surface area contributed by atoms with E-state index >= 15 is 0 Å². The van der Waals surface area contributed by atoms with E-state index in [0.29, 0.717) is 5.56 Å². The van der Waals surface area contributed by atoms with Gasteiger partial charge in [0.15, 0.2) is 0 Å². The largest absolute Gasteiger partial charge is 0.408 e. The normalized spacial score (nSPS) is 15.7. The van der Waals surface area contributed by atoms with Crippen molar-refractivity contribution in [1.82, 2.24) is 19.5 Å². The van der Waals surface area contributed by atoms with Crippen LogP contribution in [0.1, 0.15) is 32.7 Å². The van der Waals surface area contributed by atoms with E-state index in [1.807, 2.05) is 0 Å². The molecule has 2 N–H and O–H groups in total. The molecule has 1 saturated heterocycles. The first-order chi connectivity index (χ1) is 15.2. The van der Waals surface area contributed by atoms with Crippen molar-refractivity contribution < 1.29 is 22.3 Å². The second kappa shape index (κ2) is 10.1. The molecule has 0 radical (unpaired) electrons. The van der Waals surface area contributed by atoms with Gasteiger partial charge in [-0.1, -0.05) is 6.92 Å². The molecular weight excluding hydrogens is 426 g/mol. The number of nitrogen functional groups attached to an aromatic ring is 1. The average molecular weight is 451 g/mol. The molecule has 1 aliphatic rings. The first kappa shape index (κ1) is 23.6. The summed E-state index contributed by atoms with van der Waals surface area (Å²) >= 11 is 0. The third-order valence-corrected chi connectivity index (χ3v) is 5.23. The highest BCUT2D eigenvalue weighted by atomic mass is 19.4. The van der Waals surface area contributed by atoms with Crippen molar-refractivity contribution in [1.29, 1.82) is 0 Å². The van der Waals surface area contributed by atoms with Crippen molar-refractivity contribution in [3.05, 3.63) is 48.7 Å². The molecule has 1 aliphatic heterocycles. The molecule has 0 aliphatic carbocycles. The van der Waals surface area contributed by atoms with Crippen molar-refractivity contribution in [2.24, 2.45) is 5.92 Å². The van der Waals surface area contributed by atoms with Crippen molar-refractivity contribution in [3.63, 3.8) is 0 Å². The van der Waals surface area contributed by atoms with E-state index in [1.165, 1.54) is 49.4 Å². The maximum Gasteiger partial charge on any atom is 0.408 e. The van der Waals surface area contributed by atoms with Crippen LogP contribution in [0.5, 0.6) is 0 Å². The van der Waals surface area contributed by atoms with E-state index in [1.54, 1.807) is 0 Å². The lowest BCUT2D eigenvalue weighted by Gasteiger charge is -2.20. The molecule has 3 aromatic rings. The summed E-state index contributed by atoms with van der Waals surface area (Å²) in [6, 6.07) is 4.91. The number of imidazole rings is 1. The highest BCUT2D eigenvalue weighted by molar-refractivity contribution is 5.77. The molecular formula is C22H25F4N5O. The number of rotatable bonds is 3. The minimum absolute atomic E-state index is 0.0741. The molecule has 3 heterocycles. The van der Waals surface area contributed by atoms with Gasteiger partial charge in [-0.3, -0.25) is 0 Å². The second-order valence-electron chi connectivity index (χ2n) is 7.67. The smallest absolute Gasteiger partial charge is 0.381 e. The number of nitrogens with two attached hydrogens (primary N) is 1. The summed E-state index contributed by atoms with van der Waals surface area (Å²) in [7, 11) is 0. The fourth-order valence-electron chi connectivity index (χ4n) is 3.21. The monoisotopic (exact) mass is 451 g/mol. The predicted molar refractivity (Wildman–Crippen MR) is 113 cm³/mol. The van der Waals surface area contributed by atoms with E-state index in [2.05, 4.69) is 21.9 Å². The third kappa shape index (κ3) is 5.82. The van der Waals surface area contributed by atoms with Crippen LogP contribution in [0, 0.1) is 11.7 Å². The summed E-state index contributed by atoms with van der Waals surface area (Å²) in [5.74, 6) is 0.378. The second-order valence-corrected chi connectivity index (χ2v) is 7.67. The number of hydrogen-bond acceptors (Lipinski definition) is 5. The maximum absolute atomic E-state index is 13.2. The van der Waals surface area contributed by atoms with Gasteiger partial charge in [-0.15, -0.1) is 0 Å². The Morgan fingerprint density at radius 3 is 2.28 bits per heavy atom. The van der Waals surface area contributed by atoms with Gasteiger partial charge >= 0.3 is 6.18 Å². The Hall–Kier alpha value is -3.01. The molecule has 1 aromatic carbocycles. The Kier molecular flexibility index (Phi) is 7.44. The van der Waals surface area contributed by atoms with Crippen LogP contribution in [0.3, 0.4) is 0 Å². The maximum atomic E-state index is 13.2. The Morgan fingerprint density at radius 2 is 1.75 bits per heavy atom. The van der Waals surface area contributed by atoms with Crippen LogP contribution in [0.4, 0.5) is 23.5 Å². The van der Waals surface area contributed by atoms with Gasteiger partial charge in [0.2, 0.25) is 5.95 Å². The number of anilines is 1. The van der Waals surface area contributed by atoms with Crippen LogP contribution < -0.4 is 5.73 Å². The Balaban J connectivity index is 0.000000352.